The second-order valence-electron chi connectivity index (χ2n) is 4.78. The van der Waals surface area contributed by atoms with Gasteiger partial charge in [-0.15, -0.1) is 0 Å². The molecular weight excluding hydrogens is 264 g/mol. The SMILES string of the molecule is C=C(C[C@H](O)C(=O)c1ccc(OC)cc1)c1ccccc1. The largest absolute Gasteiger partial charge is 0.497 e. The van der Waals surface area contributed by atoms with Crippen molar-refractivity contribution in [3.63, 3.8) is 0 Å². The normalized spacial score (nSPS) is 11.7. The Bertz CT molecular complexity index is 615. The molecule has 1 N–H and O–H groups in total. The Hall–Kier alpha value is -2.39. The van der Waals surface area contributed by atoms with E-state index in [0.29, 0.717) is 11.3 Å². The van der Waals surface area contributed by atoms with Gasteiger partial charge in [0.15, 0.2) is 5.78 Å². The number of methoxy groups -OCH3 is 1. The van der Waals surface area contributed by atoms with E-state index in [1.54, 1.807) is 31.4 Å². The van der Waals surface area contributed by atoms with E-state index < -0.39 is 6.10 Å². The van der Waals surface area contributed by atoms with Gasteiger partial charge < -0.3 is 9.84 Å². The maximum absolute atomic E-state index is 12.2. The minimum Gasteiger partial charge on any atom is -0.497 e. The van der Waals surface area contributed by atoms with Crippen LogP contribution in [-0.2, 0) is 0 Å². The number of benzene rings is 2. The number of carbonyl (C=O) groups excluding carboxylic acids is 1. The Balaban J connectivity index is 2.03. The van der Waals surface area contributed by atoms with Crippen LogP contribution in [0.2, 0.25) is 0 Å². The lowest BCUT2D eigenvalue weighted by Gasteiger charge is -2.12. The molecule has 108 valence electrons. The summed E-state index contributed by atoms with van der Waals surface area (Å²) < 4.78 is 5.04. The maximum Gasteiger partial charge on any atom is 0.191 e. The van der Waals surface area contributed by atoms with Crippen LogP contribution in [0.15, 0.2) is 61.2 Å². The molecule has 0 spiro atoms. The molecule has 2 aromatic carbocycles. The highest BCUT2D eigenvalue weighted by molar-refractivity contribution is 6.00. The Morgan fingerprint density at radius 1 is 1.10 bits per heavy atom. The van der Waals surface area contributed by atoms with Crippen molar-refractivity contribution in [3.8, 4) is 5.75 Å². The second kappa shape index (κ2) is 6.86. The molecule has 0 heterocycles. The Morgan fingerprint density at radius 3 is 2.29 bits per heavy atom. The van der Waals surface area contributed by atoms with Crippen LogP contribution >= 0.6 is 0 Å². The molecule has 0 aliphatic carbocycles. The summed E-state index contributed by atoms with van der Waals surface area (Å²) in [6.07, 6.45) is -0.874. The number of hydrogen-bond donors (Lipinski definition) is 1. The molecule has 0 saturated carbocycles. The van der Waals surface area contributed by atoms with Crippen molar-refractivity contribution in [2.24, 2.45) is 0 Å². The van der Waals surface area contributed by atoms with Crippen LogP contribution in [0.25, 0.3) is 5.57 Å². The lowest BCUT2D eigenvalue weighted by Crippen LogP contribution is -2.20. The summed E-state index contributed by atoms with van der Waals surface area (Å²) in [5.74, 6) is 0.365. The summed E-state index contributed by atoms with van der Waals surface area (Å²) in [6.45, 7) is 3.94. The predicted molar refractivity (Wildman–Crippen MR) is 83.4 cm³/mol. The van der Waals surface area contributed by atoms with Crippen LogP contribution in [0.5, 0.6) is 5.75 Å². The van der Waals surface area contributed by atoms with Gasteiger partial charge in [-0.25, -0.2) is 0 Å². The molecule has 1 atom stereocenters. The van der Waals surface area contributed by atoms with Crippen LogP contribution in [0.1, 0.15) is 22.3 Å². The molecule has 3 nitrogen and oxygen atoms in total. The van der Waals surface area contributed by atoms with Gasteiger partial charge in [-0.05, 0) is 35.4 Å². The van der Waals surface area contributed by atoms with Crippen LogP contribution in [0.3, 0.4) is 0 Å². The molecule has 0 saturated heterocycles. The lowest BCUT2D eigenvalue weighted by molar-refractivity contribution is 0.0757. The van der Waals surface area contributed by atoms with Gasteiger partial charge >= 0.3 is 0 Å². The summed E-state index contributed by atoms with van der Waals surface area (Å²) in [5, 5.41) is 10.1. The van der Waals surface area contributed by atoms with Gasteiger partial charge in [0, 0.05) is 12.0 Å². The molecule has 0 aromatic heterocycles. The fraction of sp³-hybridized carbons (Fsp3) is 0.167. The van der Waals surface area contributed by atoms with E-state index in [0.717, 1.165) is 11.1 Å². The summed E-state index contributed by atoms with van der Waals surface area (Å²) in [5.41, 5.74) is 2.13. The molecule has 2 rings (SSSR count). The molecular formula is C18H18O3. The smallest absolute Gasteiger partial charge is 0.191 e. The van der Waals surface area contributed by atoms with E-state index in [9.17, 15) is 9.90 Å². The van der Waals surface area contributed by atoms with E-state index in [2.05, 4.69) is 6.58 Å². The lowest BCUT2D eigenvalue weighted by atomic mass is 9.97. The van der Waals surface area contributed by atoms with Gasteiger partial charge in [0.1, 0.15) is 11.9 Å². The van der Waals surface area contributed by atoms with Gasteiger partial charge in [0.05, 0.1) is 7.11 Å². The highest BCUT2D eigenvalue weighted by Gasteiger charge is 2.18. The Kier molecular flexibility index (Phi) is 4.90. The van der Waals surface area contributed by atoms with E-state index in [4.69, 9.17) is 4.74 Å². The van der Waals surface area contributed by atoms with Crippen LogP contribution < -0.4 is 4.74 Å². The molecule has 0 unspecified atom stereocenters. The first-order valence-electron chi connectivity index (χ1n) is 6.71. The zero-order chi connectivity index (χ0) is 15.2. The van der Waals surface area contributed by atoms with E-state index >= 15 is 0 Å². The van der Waals surface area contributed by atoms with Crippen LogP contribution in [0.4, 0.5) is 0 Å². The molecule has 0 aliphatic rings. The first-order chi connectivity index (χ1) is 10.1. The van der Waals surface area contributed by atoms with Crippen molar-refractivity contribution in [1.29, 1.82) is 0 Å². The minimum absolute atomic E-state index is 0.217. The van der Waals surface area contributed by atoms with E-state index in [1.165, 1.54) is 0 Å². The van der Waals surface area contributed by atoms with Crippen molar-refractivity contribution in [3.05, 3.63) is 72.3 Å². The number of ether oxygens (including phenoxy) is 1. The Morgan fingerprint density at radius 2 is 1.71 bits per heavy atom. The highest BCUT2D eigenvalue weighted by atomic mass is 16.5. The third kappa shape index (κ3) is 3.80. The van der Waals surface area contributed by atoms with E-state index in [1.807, 2.05) is 30.3 Å². The van der Waals surface area contributed by atoms with Crippen molar-refractivity contribution in [1.82, 2.24) is 0 Å². The molecule has 0 radical (unpaired) electrons. The van der Waals surface area contributed by atoms with Crippen molar-refractivity contribution in [2.75, 3.05) is 7.11 Å². The number of ketones is 1. The van der Waals surface area contributed by atoms with Crippen molar-refractivity contribution in [2.45, 2.75) is 12.5 Å². The summed E-state index contributed by atoms with van der Waals surface area (Å²) >= 11 is 0. The predicted octanol–water partition coefficient (Wildman–Crippen LogP) is 3.34. The van der Waals surface area contributed by atoms with Gasteiger partial charge in [0.2, 0.25) is 0 Å². The monoisotopic (exact) mass is 282 g/mol. The number of aliphatic hydroxyl groups excluding tert-OH is 1. The number of rotatable bonds is 6. The minimum atomic E-state index is -1.09. The standard InChI is InChI=1S/C18H18O3/c1-13(14-6-4-3-5-7-14)12-17(19)18(20)15-8-10-16(21-2)11-9-15/h3-11,17,19H,1,12H2,2H3/t17-/m0/s1. The van der Waals surface area contributed by atoms with Crippen LogP contribution in [0, 0.1) is 0 Å². The average Bonchev–Trinajstić information content (AvgIpc) is 2.55. The average molecular weight is 282 g/mol. The fourth-order valence-corrected chi connectivity index (χ4v) is 2.07. The van der Waals surface area contributed by atoms with Gasteiger partial charge in [-0.3, -0.25) is 4.79 Å². The summed E-state index contributed by atoms with van der Waals surface area (Å²) in [7, 11) is 1.57. The number of hydrogen-bond acceptors (Lipinski definition) is 3. The van der Waals surface area contributed by atoms with Gasteiger partial charge in [-0.2, -0.15) is 0 Å². The zero-order valence-electron chi connectivity index (χ0n) is 12.0. The third-order valence-electron chi connectivity index (χ3n) is 3.30. The topological polar surface area (TPSA) is 46.5 Å². The molecule has 21 heavy (non-hydrogen) atoms. The van der Waals surface area contributed by atoms with Crippen molar-refractivity contribution < 1.29 is 14.6 Å². The molecule has 0 bridgehead atoms. The molecule has 3 heteroatoms. The molecule has 2 aromatic rings. The first-order valence-corrected chi connectivity index (χ1v) is 6.71. The Labute approximate surface area is 124 Å². The van der Waals surface area contributed by atoms with Crippen LogP contribution in [-0.4, -0.2) is 24.1 Å². The molecule has 0 fully saturated rings. The van der Waals surface area contributed by atoms with Crippen molar-refractivity contribution >= 4 is 11.4 Å². The maximum atomic E-state index is 12.2. The number of carbonyl (C=O) groups is 1. The molecule has 0 amide bonds. The summed E-state index contributed by atoms with van der Waals surface area (Å²) in [4.78, 5) is 12.2. The molecule has 0 aliphatic heterocycles. The fourth-order valence-electron chi connectivity index (χ4n) is 2.07. The quantitative estimate of drug-likeness (QED) is 0.827. The first kappa shape index (κ1) is 15.0. The summed E-state index contributed by atoms with van der Waals surface area (Å²) in [6, 6.07) is 16.2. The third-order valence-corrected chi connectivity index (χ3v) is 3.30. The second-order valence-corrected chi connectivity index (χ2v) is 4.78. The number of aliphatic hydroxyl groups is 1. The van der Waals surface area contributed by atoms with Gasteiger partial charge in [0.25, 0.3) is 0 Å². The zero-order valence-corrected chi connectivity index (χ0v) is 12.0. The number of Topliss-reactive ketones (excluding diaryl/α,β-unsaturated/α-hetero) is 1. The highest BCUT2D eigenvalue weighted by Crippen LogP contribution is 2.20. The van der Waals surface area contributed by atoms with Gasteiger partial charge in [-0.1, -0.05) is 36.9 Å². The van der Waals surface area contributed by atoms with E-state index in [-0.39, 0.29) is 12.2 Å².